The summed E-state index contributed by atoms with van der Waals surface area (Å²) in [7, 11) is 1.25. The Morgan fingerprint density at radius 3 is 2.71 bits per heavy atom. The summed E-state index contributed by atoms with van der Waals surface area (Å²) in [4.78, 5) is 21.8. The molecule has 0 N–H and O–H groups in total. The molecule has 0 atom stereocenters. The van der Waals surface area contributed by atoms with E-state index in [2.05, 4.69) is 20.7 Å². The van der Waals surface area contributed by atoms with E-state index in [1.807, 2.05) is 0 Å². The van der Waals surface area contributed by atoms with Gasteiger partial charge in [-0.15, -0.1) is 0 Å². The molecule has 0 aliphatic rings. The molecule has 14 heavy (non-hydrogen) atoms. The van der Waals surface area contributed by atoms with Crippen molar-refractivity contribution < 1.29 is 14.3 Å². The van der Waals surface area contributed by atoms with Crippen LogP contribution in [0.15, 0.2) is 16.6 Å². The fraction of sp³-hybridized carbons (Fsp3) is 0.111. The third-order valence-corrected chi connectivity index (χ3v) is 2.48. The van der Waals surface area contributed by atoms with Gasteiger partial charge in [0.05, 0.1) is 17.7 Å². The molecule has 0 saturated carbocycles. The Balaban J connectivity index is 3.36. The minimum Gasteiger partial charge on any atom is -0.465 e. The highest BCUT2D eigenvalue weighted by atomic mass is 79.9. The number of esters is 1. The summed E-state index contributed by atoms with van der Waals surface area (Å²) in [5.41, 5.74) is 0.423. The van der Waals surface area contributed by atoms with Crippen molar-refractivity contribution in [2.24, 2.45) is 0 Å². The molecule has 0 bridgehead atoms. The van der Waals surface area contributed by atoms with Gasteiger partial charge in [-0.2, -0.15) is 0 Å². The highest BCUT2D eigenvalue weighted by molar-refractivity contribution is 9.10. The number of aldehydes is 1. The largest absolute Gasteiger partial charge is 0.465 e. The summed E-state index contributed by atoms with van der Waals surface area (Å²) in [5, 5.41) is 0.107. The molecule has 0 amide bonds. The molecule has 3 nitrogen and oxygen atoms in total. The molecular formula is C9H6BrClO3. The number of ether oxygens (including phenoxy) is 1. The molecule has 0 fully saturated rings. The van der Waals surface area contributed by atoms with Gasteiger partial charge in [0.15, 0.2) is 6.29 Å². The van der Waals surface area contributed by atoms with E-state index in [0.717, 1.165) is 0 Å². The fourth-order valence-electron chi connectivity index (χ4n) is 0.955. The first-order chi connectivity index (χ1) is 6.60. The van der Waals surface area contributed by atoms with E-state index in [9.17, 15) is 9.59 Å². The first-order valence-corrected chi connectivity index (χ1v) is 4.79. The van der Waals surface area contributed by atoms with Crippen molar-refractivity contribution in [2.75, 3.05) is 7.11 Å². The normalized spacial score (nSPS) is 9.64. The SMILES string of the molecule is COC(=O)c1cc(Br)cc(C=O)c1Cl. The van der Waals surface area contributed by atoms with Crippen LogP contribution >= 0.6 is 27.5 Å². The number of carbonyl (C=O) groups excluding carboxylic acids is 2. The van der Waals surface area contributed by atoms with Crippen LogP contribution in [0.25, 0.3) is 0 Å². The van der Waals surface area contributed by atoms with Crippen LogP contribution in [0.3, 0.4) is 0 Å². The third-order valence-electron chi connectivity index (χ3n) is 1.60. The van der Waals surface area contributed by atoms with Gasteiger partial charge in [-0.25, -0.2) is 4.79 Å². The zero-order valence-electron chi connectivity index (χ0n) is 7.21. The van der Waals surface area contributed by atoms with Crippen LogP contribution < -0.4 is 0 Å². The van der Waals surface area contributed by atoms with Crippen molar-refractivity contribution in [1.82, 2.24) is 0 Å². The van der Waals surface area contributed by atoms with Crippen molar-refractivity contribution in [3.05, 3.63) is 32.8 Å². The third kappa shape index (κ3) is 2.13. The lowest BCUT2D eigenvalue weighted by Crippen LogP contribution is -2.03. The minimum atomic E-state index is -0.570. The van der Waals surface area contributed by atoms with E-state index in [0.29, 0.717) is 10.8 Å². The monoisotopic (exact) mass is 276 g/mol. The molecule has 0 aliphatic carbocycles. The van der Waals surface area contributed by atoms with E-state index < -0.39 is 5.97 Å². The van der Waals surface area contributed by atoms with Crippen LogP contribution in [0.1, 0.15) is 20.7 Å². The standard InChI is InChI=1S/C9H6BrClO3/c1-14-9(13)7-3-6(10)2-5(4-12)8(7)11/h2-4H,1H3. The Morgan fingerprint density at radius 1 is 1.57 bits per heavy atom. The quantitative estimate of drug-likeness (QED) is 0.616. The second-order valence-corrected chi connectivity index (χ2v) is 3.76. The smallest absolute Gasteiger partial charge is 0.339 e. The maximum atomic E-state index is 11.2. The van der Waals surface area contributed by atoms with Gasteiger partial charge in [0.1, 0.15) is 0 Å². The summed E-state index contributed by atoms with van der Waals surface area (Å²) < 4.78 is 5.11. The molecule has 1 rings (SSSR count). The molecular weight excluding hydrogens is 271 g/mol. The lowest BCUT2D eigenvalue weighted by molar-refractivity contribution is 0.0601. The van der Waals surface area contributed by atoms with Crippen molar-refractivity contribution in [1.29, 1.82) is 0 Å². The van der Waals surface area contributed by atoms with Crippen molar-refractivity contribution in [2.45, 2.75) is 0 Å². The molecule has 0 aliphatic heterocycles. The molecule has 0 unspecified atom stereocenters. The van der Waals surface area contributed by atoms with Gasteiger partial charge < -0.3 is 4.74 Å². The van der Waals surface area contributed by atoms with Gasteiger partial charge >= 0.3 is 5.97 Å². The Bertz CT molecular complexity index is 390. The van der Waals surface area contributed by atoms with Gasteiger partial charge in [0.25, 0.3) is 0 Å². The predicted octanol–water partition coefficient (Wildman–Crippen LogP) is 2.70. The zero-order valence-corrected chi connectivity index (χ0v) is 9.55. The van der Waals surface area contributed by atoms with Crippen LogP contribution in [0.4, 0.5) is 0 Å². The topological polar surface area (TPSA) is 43.4 Å². The van der Waals surface area contributed by atoms with Gasteiger partial charge in [-0.05, 0) is 12.1 Å². The lowest BCUT2D eigenvalue weighted by Gasteiger charge is -2.04. The Hall–Kier alpha value is -0.870. The van der Waals surface area contributed by atoms with E-state index in [4.69, 9.17) is 11.6 Å². The summed E-state index contributed by atoms with van der Waals surface area (Å²) in [6, 6.07) is 3.03. The predicted molar refractivity (Wildman–Crippen MR) is 55.9 cm³/mol. The summed E-state index contributed by atoms with van der Waals surface area (Å²) in [6.45, 7) is 0. The van der Waals surface area contributed by atoms with Crippen molar-refractivity contribution in [3.8, 4) is 0 Å². The molecule has 74 valence electrons. The van der Waals surface area contributed by atoms with Crippen LogP contribution in [-0.4, -0.2) is 19.4 Å². The van der Waals surface area contributed by atoms with E-state index >= 15 is 0 Å². The van der Waals surface area contributed by atoms with E-state index in [1.165, 1.54) is 19.2 Å². The molecule has 0 radical (unpaired) electrons. The first kappa shape index (κ1) is 11.2. The van der Waals surface area contributed by atoms with E-state index in [1.54, 1.807) is 0 Å². The van der Waals surface area contributed by atoms with Crippen LogP contribution in [0.5, 0.6) is 0 Å². The van der Waals surface area contributed by atoms with Crippen LogP contribution in [-0.2, 0) is 4.74 Å². The first-order valence-electron chi connectivity index (χ1n) is 3.62. The lowest BCUT2D eigenvalue weighted by atomic mass is 10.1. The number of hydrogen-bond donors (Lipinski definition) is 0. The highest BCUT2D eigenvalue weighted by Crippen LogP contribution is 2.25. The zero-order chi connectivity index (χ0) is 10.7. The highest BCUT2D eigenvalue weighted by Gasteiger charge is 2.14. The number of rotatable bonds is 2. The molecule has 5 heteroatoms. The van der Waals surface area contributed by atoms with Crippen LogP contribution in [0, 0.1) is 0 Å². The van der Waals surface area contributed by atoms with Gasteiger partial charge in [0, 0.05) is 10.0 Å². The fourth-order valence-corrected chi connectivity index (χ4v) is 1.66. The van der Waals surface area contributed by atoms with Gasteiger partial charge in [0.2, 0.25) is 0 Å². The number of hydrogen-bond acceptors (Lipinski definition) is 3. The average Bonchev–Trinajstić information content (AvgIpc) is 2.19. The van der Waals surface area contributed by atoms with Gasteiger partial charge in [-0.3, -0.25) is 4.79 Å². The Morgan fingerprint density at radius 2 is 2.21 bits per heavy atom. The molecule has 1 aromatic carbocycles. The molecule has 0 heterocycles. The number of benzene rings is 1. The van der Waals surface area contributed by atoms with Crippen LogP contribution in [0.2, 0.25) is 5.02 Å². The Kier molecular flexibility index (Phi) is 3.66. The second-order valence-electron chi connectivity index (χ2n) is 2.47. The average molecular weight is 278 g/mol. The number of halogens is 2. The van der Waals surface area contributed by atoms with E-state index in [-0.39, 0.29) is 16.1 Å². The number of carbonyl (C=O) groups is 2. The molecule has 0 spiro atoms. The maximum Gasteiger partial charge on any atom is 0.339 e. The maximum absolute atomic E-state index is 11.2. The molecule has 0 aromatic heterocycles. The number of methoxy groups -OCH3 is 1. The Labute approximate surface area is 94.1 Å². The summed E-state index contributed by atoms with van der Waals surface area (Å²) in [6.07, 6.45) is 0.583. The summed E-state index contributed by atoms with van der Waals surface area (Å²) >= 11 is 8.96. The minimum absolute atomic E-state index is 0.107. The van der Waals surface area contributed by atoms with Crippen molar-refractivity contribution in [3.63, 3.8) is 0 Å². The second kappa shape index (κ2) is 4.57. The van der Waals surface area contributed by atoms with Crippen molar-refractivity contribution >= 4 is 39.8 Å². The summed E-state index contributed by atoms with van der Waals surface area (Å²) in [5.74, 6) is -0.570. The molecule has 0 saturated heterocycles. The van der Waals surface area contributed by atoms with Gasteiger partial charge in [-0.1, -0.05) is 27.5 Å². The molecule has 1 aromatic rings.